The third-order valence-electron chi connectivity index (χ3n) is 5.67. The monoisotopic (exact) mass is 411 g/mol. The second-order valence-electron chi connectivity index (χ2n) is 7.54. The van der Waals surface area contributed by atoms with Gasteiger partial charge in [0.25, 0.3) is 10.0 Å². The molecule has 0 aromatic heterocycles. The van der Waals surface area contributed by atoms with E-state index in [9.17, 15) is 13.2 Å². The van der Waals surface area contributed by atoms with Crippen LogP contribution in [0.25, 0.3) is 0 Å². The lowest BCUT2D eigenvalue weighted by molar-refractivity contribution is -0.123. The van der Waals surface area contributed by atoms with Gasteiger partial charge in [-0.05, 0) is 50.5 Å². The molecule has 1 amide bonds. The van der Waals surface area contributed by atoms with Crippen LogP contribution in [0.2, 0.25) is 0 Å². The molecular formula is C22H25N3O3S. The average Bonchev–Trinajstić information content (AvgIpc) is 3.01. The highest BCUT2D eigenvalue weighted by molar-refractivity contribution is 7.90. The van der Waals surface area contributed by atoms with E-state index in [4.69, 9.17) is 0 Å². The molecule has 0 bridgehead atoms. The van der Waals surface area contributed by atoms with Gasteiger partial charge in [0.05, 0.1) is 5.92 Å². The van der Waals surface area contributed by atoms with Crippen LogP contribution in [0.3, 0.4) is 0 Å². The summed E-state index contributed by atoms with van der Waals surface area (Å²) in [4.78, 5) is 17.4. The number of fused-ring (bicyclic) bond motifs is 1. The van der Waals surface area contributed by atoms with E-state index in [1.165, 1.54) is 0 Å². The van der Waals surface area contributed by atoms with Gasteiger partial charge in [-0.3, -0.25) is 4.79 Å². The van der Waals surface area contributed by atoms with Gasteiger partial charge in [-0.15, -0.1) is 4.40 Å². The molecule has 0 N–H and O–H groups in total. The summed E-state index contributed by atoms with van der Waals surface area (Å²) in [5.41, 5.74) is 2.63. The lowest BCUT2D eigenvalue weighted by Gasteiger charge is -2.36. The van der Waals surface area contributed by atoms with Gasteiger partial charge in [-0.25, -0.2) is 0 Å². The summed E-state index contributed by atoms with van der Waals surface area (Å²) in [7, 11) is -3.66. The maximum atomic E-state index is 13.4. The lowest BCUT2D eigenvalue weighted by atomic mass is 9.95. The highest BCUT2D eigenvalue weighted by Crippen LogP contribution is 2.31. The molecule has 2 aromatic carbocycles. The van der Waals surface area contributed by atoms with Gasteiger partial charge >= 0.3 is 0 Å². The number of piperidine rings is 1. The molecule has 0 spiro atoms. The summed E-state index contributed by atoms with van der Waals surface area (Å²) in [6.45, 7) is 5.76. The van der Waals surface area contributed by atoms with Crippen LogP contribution in [-0.2, 0) is 14.8 Å². The number of rotatable bonds is 3. The van der Waals surface area contributed by atoms with E-state index in [2.05, 4.69) is 4.40 Å². The third-order valence-corrected chi connectivity index (χ3v) is 7.00. The van der Waals surface area contributed by atoms with Crippen molar-refractivity contribution in [2.75, 3.05) is 24.5 Å². The molecule has 1 fully saturated rings. The average molecular weight is 412 g/mol. The van der Waals surface area contributed by atoms with E-state index in [-0.39, 0.29) is 16.7 Å². The fourth-order valence-electron chi connectivity index (χ4n) is 4.22. The van der Waals surface area contributed by atoms with Gasteiger partial charge in [-0.1, -0.05) is 30.3 Å². The Kier molecular flexibility index (Phi) is 5.17. The standard InChI is InChI=1S/C22H25N3O3S/c1-3-25(19-12-6-4-9-16(19)2)22(26)17-10-8-14-24(15-17)21-18-11-5-7-13-20(18)29(27,28)23-21/h4-7,9,11-13,17H,3,8,10,14-15H2,1-2H3/t17-/m0/s1. The van der Waals surface area contributed by atoms with E-state index in [0.717, 1.165) is 24.1 Å². The second kappa shape index (κ2) is 7.63. The van der Waals surface area contributed by atoms with E-state index in [0.29, 0.717) is 31.0 Å². The zero-order chi connectivity index (χ0) is 20.6. The van der Waals surface area contributed by atoms with Gasteiger partial charge < -0.3 is 9.80 Å². The summed E-state index contributed by atoms with van der Waals surface area (Å²) in [6, 6.07) is 14.8. The van der Waals surface area contributed by atoms with Crippen molar-refractivity contribution in [3.8, 4) is 0 Å². The van der Waals surface area contributed by atoms with Crippen molar-refractivity contribution in [1.82, 2.24) is 4.90 Å². The molecule has 29 heavy (non-hydrogen) atoms. The molecule has 4 rings (SSSR count). The van der Waals surface area contributed by atoms with Crippen LogP contribution < -0.4 is 4.90 Å². The first-order chi connectivity index (χ1) is 13.9. The van der Waals surface area contributed by atoms with Crippen molar-refractivity contribution in [2.45, 2.75) is 31.6 Å². The smallest absolute Gasteiger partial charge is 0.285 e. The van der Waals surface area contributed by atoms with E-state index < -0.39 is 10.0 Å². The summed E-state index contributed by atoms with van der Waals surface area (Å²) in [5, 5.41) is 0. The number of carbonyl (C=O) groups excluding carboxylic acids is 1. The van der Waals surface area contributed by atoms with Gasteiger partial charge in [0.1, 0.15) is 4.90 Å². The largest absolute Gasteiger partial charge is 0.355 e. The fourth-order valence-corrected chi connectivity index (χ4v) is 5.45. The van der Waals surface area contributed by atoms with Gasteiger partial charge in [-0.2, -0.15) is 8.42 Å². The number of amidine groups is 1. The Hall–Kier alpha value is -2.67. The van der Waals surface area contributed by atoms with Crippen molar-refractivity contribution in [2.24, 2.45) is 10.3 Å². The Labute approximate surface area is 171 Å². The maximum absolute atomic E-state index is 13.4. The number of amides is 1. The first-order valence-corrected chi connectivity index (χ1v) is 11.4. The number of likely N-dealkylation sites (tertiary alicyclic amines) is 1. The molecule has 0 saturated carbocycles. The second-order valence-corrected chi connectivity index (χ2v) is 9.11. The van der Waals surface area contributed by atoms with Crippen molar-refractivity contribution < 1.29 is 13.2 Å². The molecular weight excluding hydrogens is 386 g/mol. The Morgan fingerprint density at radius 1 is 1.17 bits per heavy atom. The Morgan fingerprint density at radius 3 is 2.66 bits per heavy atom. The summed E-state index contributed by atoms with van der Waals surface area (Å²) in [5.74, 6) is 0.361. The Morgan fingerprint density at radius 2 is 1.90 bits per heavy atom. The van der Waals surface area contributed by atoms with Crippen LogP contribution in [0.15, 0.2) is 57.8 Å². The zero-order valence-corrected chi connectivity index (χ0v) is 17.5. The Balaban J connectivity index is 1.59. The number of carbonyl (C=O) groups is 1. The summed E-state index contributed by atoms with van der Waals surface area (Å²) < 4.78 is 28.9. The minimum Gasteiger partial charge on any atom is -0.355 e. The number of hydrogen-bond acceptors (Lipinski definition) is 4. The Bertz CT molecular complexity index is 1080. The predicted octanol–water partition coefficient (Wildman–Crippen LogP) is 3.21. The molecule has 1 atom stereocenters. The predicted molar refractivity (Wildman–Crippen MR) is 114 cm³/mol. The van der Waals surface area contributed by atoms with Crippen LogP contribution in [0.5, 0.6) is 0 Å². The quantitative estimate of drug-likeness (QED) is 0.778. The molecule has 152 valence electrons. The van der Waals surface area contributed by atoms with E-state index in [1.807, 2.05) is 54.0 Å². The molecule has 0 unspecified atom stereocenters. The van der Waals surface area contributed by atoms with Crippen molar-refractivity contribution in [3.63, 3.8) is 0 Å². The SMILES string of the molecule is CCN(C(=O)[C@H]1CCCN(C2=NS(=O)(=O)c3ccccc32)C1)c1ccccc1C. The van der Waals surface area contributed by atoms with Crippen LogP contribution >= 0.6 is 0 Å². The summed E-state index contributed by atoms with van der Waals surface area (Å²) in [6.07, 6.45) is 1.61. The fraction of sp³-hybridized carbons (Fsp3) is 0.364. The van der Waals surface area contributed by atoms with Crippen LogP contribution in [0.1, 0.15) is 30.9 Å². The molecule has 2 aromatic rings. The van der Waals surface area contributed by atoms with Crippen LogP contribution in [0.4, 0.5) is 5.69 Å². The van der Waals surface area contributed by atoms with Crippen molar-refractivity contribution in [3.05, 3.63) is 59.7 Å². The summed E-state index contributed by atoms with van der Waals surface area (Å²) >= 11 is 0. The molecule has 1 saturated heterocycles. The molecule has 6 nitrogen and oxygen atoms in total. The van der Waals surface area contributed by atoms with Gasteiger partial charge in [0.15, 0.2) is 5.84 Å². The van der Waals surface area contributed by atoms with E-state index in [1.54, 1.807) is 18.2 Å². The van der Waals surface area contributed by atoms with Crippen LogP contribution in [0, 0.1) is 12.8 Å². The van der Waals surface area contributed by atoms with E-state index >= 15 is 0 Å². The normalized spacial score (nSPS) is 20.1. The molecule has 0 radical (unpaired) electrons. The highest BCUT2D eigenvalue weighted by atomic mass is 32.2. The van der Waals surface area contributed by atoms with Crippen molar-refractivity contribution >= 4 is 27.5 Å². The highest BCUT2D eigenvalue weighted by Gasteiger charge is 2.36. The number of anilines is 1. The topological polar surface area (TPSA) is 70.1 Å². The van der Waals surface area contributed by atoms with Gasteiger partial charge in [0.2, 0.25) is 5.91 Å². The number of aryl methyl sites for hydroxylation is 1. The molecule has 0 aliphatic carbocycles. The number of para-hydroxylation sites is 1. The number of sulfonamides is 1. The first kappa shape index (κ1) is 19.6. The minimum atomic E-state index is -3.66. The molecule has 7 heteroatoms. The van der Waals surface area contributed by atoms with Crippen LogP contribution in [-0.4, -0.2) is 44.7 Å². The molecule has 2 aliphatic rings. The minimum absolute atomic E-state index is 0.0845. The van der Waals surface area contributed by atoms with Crippen molar-refractivity contribution in [1.29, 1.82) is 0 Å². The lowest BCUT2D eigenvalue weighted by Crippen LogP contribution is -2.47. The van der Waals surface area contributed by atoms with Gasteiger partial charge in [0, 0.05) is 30.9 Å². The maximum Gasteiger partial charge on any atom is 0.285 e. The number of benzene rings is 2. The number of nitrogens with zero attached hydrogens (tertiary/aromatic N) is 3. The number of hydrogen-bond donors (Lipinski definition) is 0. The zero-order valence-electron chi connectivity index (χ0n) is 16.7. The third kappa shape index (κ3) is 3.55. The molecule has 2 aliphatic heterocycles. The molecule has 2 heterocycles. The first-order valence-electron chi connectivity index (χ1n) is 9.98.